The van der Waals surface area contributed by atoms with Crippen molar-refractivity contribution in [2.45, 2.75) is 13.8 Å². The lowest BCUT2D eigenvalue weighted by molar-refractivity contribution is 1.05. The number of aromatic amines is 1. The summed E-state index contributed by atoms with van der Waals surface area (Å²) in [5.41, 5.74) is 1.22. The molecule has 0 aliphatic rings. The Morgan fingerprint density at radius 2 is 1.77 bits per heavy atom. The SMILES string of the molecule is Cc1ccc[nH]1.Cc1ncccn1. The van der Waals surface area contributed by atoms with Crippen LogP contribution in [0, 0.1) is 13.8 Å². The monoisotopic (exact) mass is 175 g/mol. The van der Waals surface area contributed by atoms with Gasteiger partial charge in [0.05, 0.1) is 0 Å². The van der Waals surface area contributed by atoms with Crippen molar-refractivity contribution in [1.29, 1.82) is 0 Å². The van der Waals surface area contributed by atoms with Crippen LogP contribution in [0.4, 0.5) is 0 Å². The fraction of sp³-hybridized carbons (Fsp3) is 0.200. The van der Waals surface area contributed by atoms with Gasteiger partial charge in [0.15, 0.2) is 0 Å². The van der Waals surface area contributed by atoms with Crippen LogP contribution in [0.2, 0.25) is 0 Å². The van der Waals surface area contributed by atoms with Crippen molar-refractivity contribution in [2.75, 3.05) is 0 Å². The number of aryl methyl sites for hydroxylation is 2. The maximum Gasteiger partial charge on any atom is 0.125 e. The van der Waals surface area contributed by atoms with Crippen molar-refractivity contribution in [3.8, 4) is 0 Å². The third-order valence-corrected chi connectivity index (χ3v) is 1.45. The van der Waals surface area contributed by atoms with Crippen LogP contribution >= 0.6 is 0 Å². The lowest BCUT2D eigenvalue weighted by Crippen LogP contribution is -1.80. The molecule has 0 atom stereocenters. The molecule has 0 spiro atoms. The molecular formula is C10H13N3. The van der Waals surface area contributed by atoms with E-state index in [1.807, 2.05) is 32.2 Å². The molecule has 3 heteroatoms. The maximum absolute atomic E-state index is 3.87. The predicted molar refractivity (Wildman–Crippen MR) is 52.3 cm³/mol. The van der Waals surface area contributed by atoms with E-state index >= 15 is 0 Å². The fourth-order valence-corrected chi connectivity index (χ4v) is 0.794. The molecule has 0 aliphatic carbocycles. The Morgan fingerprint density at radius 1 is 1.08 bits per heavy atom. The first-order chi connectivity index (χ1) is 6.29. The van der Waals surface area contributed by atoms with Crippen molar-refractivity contribution in [2.24, 2.45) is 0 Å². The Hall–Kier alpha value is -1.64. The molecule has 0 aliphatic heterocycles. The number of rotatable bonds is 0. The lowest BCUT2D eigenvalue weighted by atomic mass is 10.5. The van der Waals surface area contributed by atoms with Gasteiger partial charge in [0.2, 0.25) is 0 Å². The largest absolute Gasteiger partial charge is 0.365 e. The Morgan fingerprint density at radius 3 is 2.00 bits per heavy atom. The molecule has 0 saturated heterocycles. The summed E-state index contributed by atoms with van der Waals surface area (Å²) in [6.07, 6.45) is 5.36. The zero-order chi connectivity index (χ0) is 9.52. The minimum atomic E-state index is 0.822. The fourth-order valence-electron chi connectivity index (χ4n) is 0.794. The standard InChI is InChI=1S/C5H6N2.C5H7N/c1-5-6-3-2-4-7-5;1-5-3-2-4-6-5/h2-4H,1H3;2-4,6H,1H3. The molecular weight excluding hydrogens is 162 g/mol. The van der Waals surface area contributed by atoms with E-state index in [0.29, 0.717) is 0 Å². The van der Waals surface area contributed by atoms with Crippen molar-refractivity contribution in [1.82, 2.24) is 15.0 Å². The second kappa shape index (κ2) is 5.09. The molecule has 0 amide bonds. The van der Waals surface area contributed by atoms with Crippen molar-refractivity contribution in [3.05, 3.63) is 48.3 Å². The topological polar surface area (TPSA) is 41.6 Å². The van der Waals surface area contributed by atoms with Crippen LogP contribution in [0.15, 0.2) is 36.8 Å². The molecule has 68 valence electrons. The van der Waals surface area contributed by atoms with Gasteiger partial charge in [0, 0.05) is 24.3 Å². The summed E-state index contributed by atoms with van der Waals surface area (Å²) in [6.45, 7) is 3.89. The number of nitrogens with zero attached hydrogens (tertiary/aromatic N) is 2. The van der Waals surface area contributed by atoms with E-state index < -0.39 is 0 Å². The van der Waals surface area contributed by atoms with Gasteiger partial charge in [0.25, 0.3) is 0 Å². The summed E-state index contributed by atoms with van der Waals surface area (Å²) in [4.78, 5) is 10.7. The van der Waals surface area contributed by atoms with Crippen LogP contribution < -0.4 is 0 Å². The van der Waals surface area contributed by atoms with Gasteiger partial charge < -0.3 is 4.98 Å². The van der Waals surface area contributed by atoms with Gasteiger partial charge >= 0.3 is 0 Å². The third-order valence-electron chi connectivity index (χ3n) is 1.45. The second-order valence-corrected chi connectivity index (χ2v) is 2.65. The van der Waals surface area contributed by atoms with Gasteiger partial charge in [-0.1, -0.05) is 0 Å². The van der Waals surface area contributed by atoms with E-state index in [2.05, 4.69) is 15.0 Å². The van der Waals surface area contributed by atoms with Crippen LogP contribution in [0.5, 0.6) is 0 Å². The first-order valence-electron chi connectivity index (χ1n) is 4.12. The molecule has 0 unspecified atom stereocenters. The maximum atomic E-state index is 3.87. The van der Waals surface area contributed by atoms with Gasteiger partial charge in [-0.15, -0.1) is 0 Å². The van der Waals surface area contributed by atoms with Gasteiger partial charge in [-0.25, -0.2) is 9.97 Å². The highest BCUT2D eigenvalue weighted by Gasteiger charge is 1.74. The average Bonchev–Trinajstić information content (AvgIpc) is 2.58. The van der Waals surface area contributed by atoms with Crippen molar-refractivity contribution < 1.29 is 0 Å². The first kappa shape index (κ1) is 9.45. The zero-order valence-corrected chi connectivity index (χ0v) is 7.86. The van der Waals surface area contributed by atoms with Crippen LogP contribution in [0.25, 0.3) is 0 Å². The molecule has 3 nitrogen and oxygen atoms in total. The van der Waals surface area contributed by atoms with E-state index in [4.69, 9.17) is 0 Å². The van der Waals surface area contributed by atoms with E-state index in [-0.39, 0.29) is 0 Å². The first-order valence-corrected chi connectivity index (χ1v) is 4.12. The molecule has 0 fully saturated rings. The second-order valence-electron chi connectivity index (χ2n) is 2.65. The van der Waals surface area contributed by atoms with E-state index in [0.717, 1.165) is 5.82 Å². The Labute approximate surface area is 77.9 Å². The normalized spacial score (nSPS) is 8.77. The van der Waals surface area contributed by atoms with Crippen LogP contribution in [-0.4, -0.2) is 15.0 Å². The van der Waals surface area contributed by atoms with Gasteiger partial charge in [-0.2, -0.15) is 0 Å². The highest BCUT2D eigenvalue weighted by atomic mass is 14.8. The van der Waals surface area contributed by atoms with Gasteiger partial charge in [0.1, 0.15) is 5.82 Å². The molecule has 2 heterocycles. The van der Waals surface area contributed by atoms with Crippen LogP contribution in [-0.2, 0) is 0 Å². The molecule has 0 bridgehead atoms. The summed E-state index contributed by atoms with van der Waals surface area (Å²) in [5.74, 6) is 0.822. The summed E-state index contributed by atoms with van der Waals surface area (Å²) in [7, 11) is 0. The summed E-state index contributed by atoms with van der Waals surface area (Å²) < 4.78 is 0. The molecule has 1 N–H and O–H groups in total. The molecule has 0 aromatic carbocycles. The Kier molecular flexibility index (Phi) is 3.70. The number of hydrogen-bond acceptors (Lipinski definition) is 2. The summed E-state index contributed by atoms with van der Waals surface area (Å²) >= 11 is 0. The zero-order valence-electron chi connectivity index (χ0n) is 7.86. The number of H-pyrrole nitrogens is 1. The smallest absolute Gasteiger partial charge is 0.125 e. The predicted octanol–water partition coefficient (Wildman–Crippen LogP) is 2.11. The minimum Gasteiger partial charge on any atom is -0.365 e. The van der Waals surface area contributed by atoms with Crippen LogP contribution in [0.3, 0.4) is 0 Å². The molecule has 2 aromatic rings. The molecule has 13 heavy (non-hydrogen) atoms. The Bertz CT molecular complexity index is 313. The highest BCUT2D eigenvalue weighted by molar-refractivity contribution is 4.99. The van der Waals surface area contributed by atoms with Crippen molar-refractivity contribution >= 4 is 0 Å². The van der Waals surface area contributed by atoms with E-state index in [9.17, 15) is 0 Å². The average molecular weight is 175 g/mol. The molecule has 0 radical (unpaired) electrons. The van der Waals surface area contributed by atoms with E-state index in [1.165, 1.54) is 5.69 Å². The lowest BCUT2D eigenvalue weighted by Gasteiger charge is -1.81. The number of aromatic nitrogens is 3. The molecule has 2 rings (SSSR count). The summed E-state index contributed by atoms with van der Waals surface area (Å²) in [6, 6.07) is 5.81. The van der Waals surface area contributed by atoms with Gasteiger partial charge in [-0.05, 0) is 32.0 Å². The quantitative estimate of drug-likeness (QED) is 0.666. The highest BCUT2D eigenvalue weighted by Crippen LogP contribution is 1.86. The molecule has 2 aromatic heterocycles. The number of hydrogen-bond donors (Lipinski definition) is 1. The third kappa shape index (κ3) is 4.06. The van der Waals surface area contributed by atoms with E-state index in [1.54, 1.807) is 18.5 Å². The number of nitrogens with one attached hydrogen (secondary N) is 1. The van der Waals surface area contributed by atoms with Crippen molar-refractivity contribution in [3.63, 3.8) is 0 Å². The molecule has 0 saturated carbocycles. The minimum absolute atomic E-state index is 0.822. The van der Waals surface area contributed by atoms with Crippen LogP contribution in [0.1, 0.15) is 11.5 Å². The summed E-state index contributed by atoms with van der Waals surface area (Å²) in [5, 5.41) is 0. The van der Waals surface area contributed by atoms with Gasteiger partial charge in [-0.3, -0.25) is 0 Å². The Balaban J connectivity index is 0.000000132.